The SMILES string of the molecule is CCn1ccc2ccccc21.NS(=O)(=O)c1cccc2ncccc12. The predicted octanol–water partition coefficient (Wildman–Crippen LogP) is 3.54. The summed E-state index contributed by atoms with van der Waals surface area (Å²) in [6.45, 7) is 3.21. The number of primary sulfonamides is 1. The Kier molecular flexibility index (Phi) is 4.83. The second-order valence-electron chi connectivity index (χ2n) is 5.53. The van der Waals surface area contributed by atoms with Gasteiger partial charge in [-0.1, -0.05) is 24.3 Å². The predicted molar refractivity (Wildman–Crippen MR) is 101 cm³/mol. The molecule has 0 amide bonds. The molecule has 2 N–H and O–H groups in total. The number of aromatic nitrogens is 2. The van der Waals surface area contributed by atoms with E-state index in [0.717, 1.165) is 6.54 Å². The molecule has 0 fully saturated rings. The summed E-state index contributed by atoms with van der Waals surface area (Å²) in [4.78, 5) is 4.15. The molecular weight excluding hydrogens is 334 g/mol. The van der Waals surface area contributed by atoms with Crippen LogP contribution in [-0.2, 0) is 16.6 Å². The lowest BCUT2D eigenvalue weighted by molar-refractivity contribution is 0.598. The van der Waals surface area contributed by atoms with Gasteiger partial charge in [0.15, 0.2) is 0 Å². The Bertz CT molecular complexity index is 1110. The van der Waals surface area contributed by atoms with Crippen molar-refractivity contribution >= 4 is 31.8 Å². The van der Waals surface area contributed by atoms with Gasteiger partial charge in [0.25, 0.3) is 0 Å². The van der Waals surface area contributed by atoms with Crippen LogP contribution in [0.15, 0.2) is 78.0 Å². The molecule has 0 radical (unpaired) electrons. The number of fused-ring (bicyclic) bond motifs is 2. The molecule has 2 aromatic carbocycles. The molecule has 0 saturated heterocycles. The summed E-state index contributed by atoms with van der Waals surface area (Å²) in [6.07, 6.45) is 3.74. The third-order valence-electron chi connectivity index (χ3n) is 3.93. The van der Waals surface area contributed by atoms with Crippen LogP contribution in [0, 0.1) is 0 Å². The monoisotopic (exact) mass is 353 g/mol. The first-order valence-corrected chi connectivity index (χ1v) is 9.46. The van der Waals surface area contributed by atoms with Gasteiger partial charge in [0.2, 0.25) is 10.0 Å². The van der Waals surface area contributed by atoms with Gasteiger partial charge in [0.1, 0.15) is 0 Å². The van der Waals surface area contributed by atoms with E-state index < -0.39 is 10.0 Å². The van der Waals surface area contributed by atoms with Crippen molar-refractivity contribution in [1.82, 2.24) is 9.55 Å². The van der Waals surface area contributed by atoms with Crippen LogP contribution in [0.1, 0.15) is 6.92 Å². The van der Waals surface area contributed by atoms with Gasteiger partial charge in [-0.2, -0.15) is 0 Å². The van der Waals surface area contributed by atoms with Gasteiger partial charge in [0.05, 0.1) is 10.4 Å². The standard InChI is InChI=1S/C10H11N.C9H8N2O2S/c1-2-11-8-7-9-5-3-4-6-10(9)11;10-14(12,13)9-5-1-4-8-7(9)3-2-6-11-8/h3-8H,2H2,1H3;1-6H,(H2,10,12,13). The third-order valence-corrected chi connectivity index (χ3v) is 4.90. The number of para-hydroxylation sites is 1. The van der Waals surface area contributed by atoms with E-state index in [4.69, 9.17) is 5.14 Å². The molecule has 4 aromatic rings. The summed E-state index contributed by atoms with van der Waals surface area (Å²) in [5, 5.41) is 6.95. The van der Waals surface area contributed by atoms with Crippen molar-refractivity contribution in [3.05, 3.63) is 73.1 Å². The van der Waals surface area contributed by atoms with Crippen LogP contribution in [-0.4, -0.2) is 18.0 Å². The number of nitrogens with zero attached hydrogens (tertiary/aromatic N) is 2. The largest absolute Gasteiger partial charge is 0.348 e. The maximum atomic E-state index is 11.2. The highest BCUT2D eigenvalue weighted by Gasteiger charge is 2.11. The molecule has 0 atom stereocenters. The summed E-state index contributed by atoms with van der Waals surface area (Å²) in [7, 11) is -3.67. The smallest absolute Gasteiger partial charge is 0.238 e. The van der Waals surface area contributed by atoms with E-state index in [1.54, 1.807) is 30.5 Å². The van der Waals surface area contributed by atoms with Crippen molar-refractivity contribution < 1.29 is 8.42 Å². The molecule has 2 heterocycles. The van der Waals surface area contributed by atoms with E-state index in [1.165, 1.54) is 17.0 Å². The lowest BCUT2D eigenvalue weighted by Crippen LogP contribution is -2.12. The van der Waals surface area contributed by atoms with E-state index in [2.05, 4.69) is 53.0 Å². The Morgan fingerprint density at radius 3 is 2.56 bits per heavy atom. The second-order valence-corrected chi connectivity index (χ2v) is 7.06. The maximum absolute atomic E-state index is 11.2. The average Bonchev–Trinajstić information content (AvgIpc) is 3.04. The van der Waals surface area contributed by atoms with E-state index in [9.17, 15) is 8.42 Å². The molecular formula is C19H19N3O2S. The van der Waals surface area contributed by atoms with Gasteiger partial charge in [-0.05, 0) is 48.7 Å². The molecule has 0 spiro atoms. The minimum atomic E-state index is -3.67. The zero-order valence-electron chi connectivity index (χ0n) is 13.8. The molecule has 2 aromatic heterocycles. The molecule has 0 bridgehead atoms. The van der Waals surface area contributed by atoms with Crippen LogP contribution in [0.2, 0.25) is 0 Å². The fourth-order valence-corrected chi connectivity index (χ4v) is 3.49. The van der Waals surface area contributed by atoms with Gasteiger partial charge >= 0.3 is 0 Å². The number of sulfonamides is 1. The summed E-state index contributed by atoms with van der Waals surface area (Å²) in [5.74, 6) is 0. The van der Waals surface area contributed by atoms with E-state index in [-0.39, 0.29) is 4.90 Å². The minimum absolute atomic E-state index is 0.114. The highest BCUT2D eigenvalue weighted by molar-refractivity contribution is 7.89. The molecule has 6 heteroatoms. The third kappa shape index (κ3) is 3.70. The molecule has 0 aliphatic heterocycles. The number of aryl methyl sites for hydroxylation is 1. The molecule has 0 saturated carbocycles. The maximum Gasteiger partial charge on any atom is 0.238 e. The van der Waals surface area contributed by atoms with Crippen molar-refractivity contribution in [2.75, 3.05) is 0 Å². The normalized spacial score (nSPS) is 11.3. The molecule has 0 unspecified atom stereocenters. The average molecular weight is 353 g/mol. The van der Waals surface area contributed by atoms with Gasteiger partial charge in [0, 0.05) is 29.8 Å². The van der Waals surface area contributed by atoms with Crippen LogP contribution in [0.25, 0.3) is 21.8 Å². The van der Waals surface area contributed by atoms with Crippen molar-refractivity contribution in [3.63, 3.8) is 0 Å². The van der Waals surface area contributed by atoms with Crippen LogP contribution in [0.5, 0.6) is 0 Å². The summed E-state index contributed by atoms with van der Waals surface area (Å²) < 4.78 is 24.6. The van der Waals surface area contributed by atoms with Crippen molar-refractivity contribution in [1.29, 1.82) is 0 Å². The highest BCUT2D eigenvalue weighted by Crippen LogP contribution is 2.19. The van der Waals surface area contributed by atoms with Crippen LogP contribution in [0.4, 0.5) is 0 Å². The van der Waals surface area contributed by atoms with Crippen molar-refractivity contribution in [2.24, 2.45) is 5.14 Å². The van der Waals surface area contributed by atoms with E-state index in [0.29, 0.717) is 10.9 Å². The molecule has 0 aliphatic rings. The molecule has 25 heavy (non-hydrogen) atoms. The number of benzene rings is 2. The molecule has 0 aliphatic carbocycles. The Morgan fingerprint density at radius 2 is 1.80 bits per heavy atom. The van der Waals surface area contributed by atoms with Crippen molar-refractivity contribution in [3.8, 4) is 0 Å². The zero-order valence-corrected chi connectivity index (χ0v) is 14.6. The van der Waals surface area contributed by atoms with E-state index in [1.807, 2.05) is 0 Å². The number of hydrogen-bond acceptors (Lipinski definition) is 3. The number of pyridine rings is 1. The van der Waals surface area contributed by atoms with Gasteiger partial charge in [-0.3, -0.25) is 4.98 Å². The number of rotatable bonds is 2. The summed E-state index contributed by atoms with van der Waals surface area (Å²) in [5.41, 5.74) is 1.95. The Morgan fingerprint density at radius 1 is 1.00 bits per heavy atom. The Balaban J connectivity index is 0.000000150. The van der Waals surface area contributed by atoms with E-state index >= 15 is 0 Å². The lowest BCUT2D eigenvalue weighted by atomic mass is 10.2. The number of hydrogen-bond donors (Lipinski definition) is 1. The quantitative estimate of drug-likeness (QED) is 0.599. The van der Waals surface area contributed by atoms with Crippen molar-refractivity contribution in [2.45, 2.75) is 18.4 Å². The Labute approximate surface area is 146 Å². The first-order chi connectivity index (χ1) is 12.0. The Hall–Kier alpha value is -2.70. The molecule has 4 rings (SSSR count). The van der Waals surface area contributed by atoms with Crippen LogP contribution >= 0.6 is 0 Å². The zero-order chi connectivity index (χ0) is 17.9. The second kappa shape index (κ2) is 7.04. The minimum Gasteiger partial charge on any atom is -0.348 e. The van der Waals surface area contributed by atoms with Gasteiger partial charge in [-0.25, -0.2) is 13.6 Å². The van der Waals surface area contributed by atoms with Gasteiger partial charge < -0.3 is 4.57 Å². The first-order valence-electron chi connectivity index (χ1n) is 7.91. The van der Waals surface area contributed by atoms with Crippen LogP contribution in [0.3, 0.4) is 0 Å². The summed E-state index contributed by atoms with van der Waals surface area (Å²) in [6, 6.07) is 18.8. The fraction of sp³-hybridized carbons (Fsp3) is 0.105. The fourth-order valence-electron chi connectivity index (χ4n) is 2.74. The molecule has 128 valence electrons. The molecule has 5 nitrogen and oxygen atoms in total. The first kappa shape index (κ1) is 17.1. The van der Waals surface area contributed by atoms with Crippen LogP contribution < -0.4 is 5.14 Å². The number of nitrogens with two attached hydrogens (primary N) is 1. The summed E-state index contributed by atoms with van der Waals surface area (Å²) >= 11 is 0. The lowest BCUT2D eigenvalue weighted by Gasteiger charge is -2.02. The van der Waals surface area contributed by atoms with Gasteiger partial charge in [-0.15, -0.1) is 0 Å². The topological polar surface area (TPSA) is 78.0 Å². The highest BCUT2D eigenvalue weighted by atomic mass is 32.2.